The Morgan fingerprint density at radius 3 is 2.57 bits per heavy atom. The van der Waals surface area contributed by atoms with E-state index in [4.69, 9.17) is 14.2 Å². The van der Waals surface area contributed by atoms with Crippen molar-refractivity contribution in [2.45, 2.75) is 74.8 Å². The number of phenols is 1. The van der Waals surface area contributed by atoms with E-state index in [0.29, 0.717) is 12.8 Å². The van der Waals surface area contributed by atoms with Gasteiger partial charge in [0.1, 0.15) is 5.76 Å². The van der Waals surface area contributed by atoms with Gasteiger partial charge in [0.15, 0.2) is 17.6 Å². The van der Waals surface area contributed by atoms with Crippen LogP contribution >= 0.6 is 0 Å². The molecule has 1 saturated carbocycles. The van der Waals surface area contributed by atoms with Crippen LogP contribution in [0.25, 0.3) is 0 Å². The molecule has 1 aliphatic heterocycles. The van der Waals surface area contributed by atoms with Gasteiger partial charge in [0.2, 0.25) is 12.2 Å². The first-order valence-electron chi connectivity index (χ1n) is 13.9. The second-order valence-corrected chi connectivity index (χ2v) is 11.3. The number of carboxylic acids is 1. The van der Waals surface area contributed by atoms with E-state index < -0.39 is 59.6 Å². The maximum absolute atomic E-state index is 13.7. The van der Waals surface area contributed by atoms with Gasteiger partial charge in [0, 0.05) is 18.1 Å². The van der Waals surface area contributed by atoms with E-state index in [-0.39, 0.29) is 35.2 Å². The lowest BCUT2D eigenvalue weighted by molar-refractivity contribution is -0.176. The zero-order chi connectivity index (χ0) is 29.8. The Hall–Kier alpha value is -4.38. The second kappa shape index (κ2) is 10.2. The highest BCUT2D eigenvalue weighted by atomic mass is 16.6. The SMILES string of the molecule is CC(=O)O[C@@H](CC(=O)O[C@H](C(=O)OC1=CC[C@]2(O)[C@H]3CCC[C@]24c2c(ccc(O)c2O[C@H]14)C3)c1ccccc1)C(=O)O. The Morgan fingerprint density at radius 2 is 1.86 bits per heavy atom. The van der Waals surface area contributed by atoms with Crippen LogP contribution in [0.15, 0.2) is 54.3 Å². The Morgan fingerprint density at radius 1 is 1.10 bits per heavy atom. The van der Waals surface area contributed by atoms with Crippen LogP contribution in [0.3, 0.4) is 0 Å². The molecule has 2 aromatic rings. The maximum atomic E-state index is 13.7. The van der Waals surface area contributed by atoms with E-state index in [1.54, 1.807) is 42.5 Å². The fourth-order valence-electron chi connectivity index (χ4n) is 7.29. The summed E-state index contributed by atoms with van der Waals surface area (Å²) in [6.45, 7) is 1.01. The van der Waals surface area contributed by atoms with Crippen molar-refractivity contribution in [1.29, 1.82) is 0 Å². The van der Waals surface area contributed by atoms with E-state index in [9.17, 15) is 34.5 Å². The average molecular weight is 579 g/mol. The molecule has 0 aromatic heterocycles. The summed E-state index contributed by atoms with van der Waals surface area (Å²) < 4.78 is 22.3. The standard InChI is InChI=1S/C31H30O11/c1-16(32)39-22(28(35)36)15-23(34)41-25(17-6-3-2-4-7-17)29(37)40-21-11-13-31(38)19-8-5-12-30(31)24-18(14-19)9-10-20(33)26(24)42-27(21)30/h2-4,6-7,9-11,19,22,25,27,33,38H,5,8,12-15H2,1H3,(H,35,36)/t19-,22-,25-,27+,30+,31-/m0/s1. The van der Waals surface area contributed by atoms with Crippen molar-refractivity contribution < 1.29 is 53.4 Å². The Balaban J connectivity index is 1.30. The predicted molar refractivity (Wildman–Crippen MR) is 142 cm³/mol. The first kappa shape index (κ1) is 27.8. The number of benzene rings is 2. The summed E-state index contributed by atoms with van der Waals surface area (Å²) in [6.07, 6.45) is -0.414. The summed E-state index contributed by atoms with van der Waals surface area (Å²) in [5.74, 6) is -4.19. The minimum atomic E-state index is -1.79. The first-order chi connectivity index (χ1) is 20.0. The molecule has 6 rings (SSSR count). The van der Waals surface area contributed by atoms with Crippen LogP contribution in [0.4, 0.5) is 0 Å². The van der Waals surface area contributed by atoms with Crippen LogP contribution in [-0.4, -0.2) is 57.0 Å². The number of phenolic OH excluding ortho intramolecular Hbond substituents is 1. The van der Waals surface area contributed by atoms with Crippen molar-refractivity contribution >= 4 is 23.9 Å². The lowest BCUT2D eigenvalue weighted by Crippen LogP contribution is -2.67. The van der Waals surface area contributed by atoms with Gasteiger partial charge in [-0.15, -0.1) is 0 Å². The molecule has 1 spiro atoms. The number of aliphatic hydroxyl groups is 1. The van der Waals surface area contributed by atoms with Gasteiger partial charge >= 0.3 is 23.9 Å². The van der Waals surface area contributed by atoms with Gasteiger partial charge in [0.25, 0.3) is 0 Å². The molecule has 6 atom stereocenters. The number of aliphatic carboxylic acids is 1. The number of hydrogen-bond acceptors (Lipinski definition) is 10. The van der Waals surface area contributed by atoms with Crippen LogP contribution in [0, 0.1) is 5.92 Å². The van der Waals surface area contributed by atoms with E-state index in [2.05, 4.69) is 4.74 Å². The zero-order valence-corrected chi connectivity index (χ0v) is 22.8. The smallest absolute Gasteiger partial charge is 0.357 e. The molecule has 0 unspecified atom stereocenters. The summed E-state index contributed by atoms with van der Waals surface area (Å²) >= 11 is 0. The molecule has 0 radical (unpaired) electrons. The van der Waals surface area contributed by atoms with Gasteiger partial charge in [0.05, 0.1) is 17.4 Å². The number of aromatic hydroxyl groups is 1. The number of ether oxygens (including phenoxy) is 4. The predicted octanol–water partition coefficient (Wildman–Crippen LogP) is 3.00. The van der Waals surface area contributed by atoms with Crippen LogP contribution < -0.4 is 4.74 Å². The highest BCUT2D eigenvalue weighted by Gasteiger charge is 2.71. The van der Waals surface area contributed by atoms with Crippen molar-refractivity contribution in [2.75, 3.05) is 0 Å². The molecule has 2 bridgehead atoms. The second-order valence-electron chi connectivity index (χ2n) is 11.3. The highest BCUT2D eigenvalue weighted by Crippen LogP contribution is 2.67. The first-order valence-corrected chi connectivity index (χ1v) is 13.9. The van der Waals surface area contributed by atoms with Crippen molar-refractivity contribution in [1.82, 2.24) is 0 Å². The normalized spacial score (nSPS) is 27.8. The number of carboxylic acid groups (broad SMARTS) is 1. The number of esters is 3. The summed E-state index contributed by atoms with van der Waals surface area (Å²) in [5.41, 5.74) is -0.0779. The molecule has 1 heterocycles. The van der Waals surface area contributed by atoms with Gasteiger partial charge in [-0.3, -0.25) is 9.59 Å². The molecule has 1 fully saturated rings. The van der Waals surface area contributed by atoms with Gasteiger partial charge in [-0.1, -0.05) is 42.8 Å². The molecule has 11 nitrogen and oxygen atoms in total. The van der Waals surface area contributed by atoms with E-state index in [0.717, 1.165) is 30.9 Å². The number of carbonyl (C=O) groups excluding carboxylic acids is 3. The quantitative estimate of drug-likeness (QED) is 0.311. The third-order valence-electron chi connectivity index (χ3n) is 8.98. The number of carbonyl (C=O) groups is 4. The summed E-state index contributed by atoms with van der Waals surface area (Å²) in [7, 11) is 0. The van der Waals surface area contributed by atoms with E-state index in [1.807, 2.05) is 6.07 Å². The fourth-order valence-corrected chi connectivity index (χ4v) is 7.29. The molecule has 220 valence electrons. The van der Waals surface area contributed by atoms with Crippen molar-refractivity contribution in [3.8, 4) is 11.5 Å². The molecule has 3 N–H and O–H groups in total. The molecule has 42 heavy (non-hydrogen) atoms. The van der Waals surface area contributed by atoms with Gasteiger partial charge in [-0.2, -0.15) is 0 Å². The van der Waals surface area contributed by atoms with Gasteiger partial charge in [-0.05, 0) is 49.3 Å². The molecular formula is C31H30O11. The maximum Gasteiger partial charge on any atom is 0.357 e. The largest absolute Gasteiger partial charge is 0.504 e. The Kier molecular flexibility index (Phi) is 6.72. The van der Waals surface area contributed by atoms with Gasteiger partial charge in [-0.25, -0.2) is 9.59 Å². The lowest BCUT2D eigenvalue weighted by Gasteiger charge is -2.59. The molecule has 4 aliphatic rings. The monoisotopic (exact) mass is 578 g/mol. The summed E-state index contributed by atoms with van der Waals surface area (Å²) in [4.78, 5) is 49.2. The van der Waals surface area contributed by atoms with Gasteiger partial charge < -0.3 is 34.3 Å². The minimum Gasteiger partial charge on any atom is -0.504 e. The number of rotatable bonds is 8. The minimum absolute atomic E-state index is 0.0359. The van der Waals surface area contributed by atoms with Crippen LogP contribution in [-0.2, 0) is 45.2 Å². The van der Waals surface area contributed by atoms with E-state index >= 15 is 0 Å². The lowest BCUT2D eigenvalue weighted by atomic mass is 9.47. The molecular weight excluding hydrogens is 548 g/mol. The highest BCUT2D eigenvalue weighted by molar-refractivity contribution is 5.85. The Bertz CT molecular complexity index is 1500. The average Bonchev–Trinajstić information content (AvgIpc) is 3.30. The zero-order valence-electron chi connectivity index (χ0n) is 22.8. The Labute approximate surface area is 240 Å². The molecule has 3 aliphatic carbocycles. The summed E-state index contributed by atoms with van der Waals surface area (Å²) in [5, 5.41) is 32.2. The molecule has 2 aromatic carbocycles. The number of hydrogen-bond donors (Lipinski definition) is 3. The third kappa shape index (κ3) is 4.22. The molecule has 0 saturated heterocycles. The van der Waals surface area contributed by atoms with Crippen molar-refractivity contribution in [2.24, 2.45) is 5.92 Å². The van der Waals surface area contributed by atoms with E-state index in [1.165, 1.54) is 0 Å². The topological polar surface area (TPSA) is 166 Å². The molecule has 0 amide bonds. The molecule has 11 heteroatoms. The van der Waals surface area contributed by atoms with Crippen molar-refractivity contribution in [3.63, 3.8) is 0 Å². The fraction of sp³-hybridized carbons (Fsp3) is 0.419. The van der Waals surface area contributed by atoms with Crippen LogP contribution in [0.1, 0.15) is 61.8 Å². The summed E-state index contributed by atoms with van der Waals surface area (Å²) in [6, 6.07) is 11.5. The van der Waals surface area contributed by atoms with Crippen LogP contribution in [0.5, 0.6) is 11.5 Å². The third-order valence-corrected chi connectivity index (χ3v) is 8.98. The van der Waals surface area contributed by atoms with Crippen molar-refractivity contribution in [3.05, 3.63) is 71.0 Å². The van der Waals surface area contributed by atoms with Crippen LogP contribution in [0.2, 0.25) is 0 Å².